The maximum atomic E-state index is 12.0. The molecule has 0 aliphatic rings. The van der Waals surface area contributed by atoms with E-state index in [0.717, 1.165) is 0 Å². The molecule has 0 spiro atoms. The maximum Gasteiger partial charge on any atom is 0.216 e. The first kappa shape index (κ1) is 15.1. The molecule has 0 radical (unpaired) electrons. The summed E-state index contributed by atoms with van der Waals surface area (Å²) in [5.41, 5.74) is 0.696. The lowest BCUT2D eigenvalue weighted by molar-refractivity contribution is 0.146. The van der Waals surface area contributed by atoms with Gasteiger partial charge in [-0.15, -0.1) is 0 Å². The Labute approximate surface area is 109 Å². The molecule has 1 aromatic carbocycles. The zero-order chi connectivity index (χ0) is 14.0. The third-order valence-corrected chi connectivity index (χ3v) is 5.06. The normalized spacial score (nSPS) is 16.3. The lowest BCUT2D eigenvalue weighted by Gasteiger charge is -2.26. The van der Waals surface area contributed by atoms with Crippen LogP contribution in [0.4, 0.5) is 0 Å². The molecule has 102 valence electrons. The van der Waals surface area contributed by atoms with Crippen molar-refractivity contribution in [2.24, 2.45) is 0 Å². The fraction of sp³-hybridized carbons (Fsp3) is 0.538. The van der Waals surface area contributed by atoms with Gasteiger partial charge in [0.05, 0.1) is 10.9 Å². The Bertz CT molecular complexity index is 477. The summed E-state index contributed by atoms with van der Waals surface area (Å²) >= 11 is 0. The zero-order valence-electron chi connectivity index (χ0n) is 11.2. The van der Waals surface area contributed by atoms with Crippen LogP contribution in [-0.4, -0.2) is 24.3 Å². The summed E-state index contributed by atoms with van der Waals surface area (Å²) in [5.74, 6) is 0. The molecule has 0 bridgehead atoms. The van der Waals surface area contributed by atoms with Crippen LogP contribution in [0.3, 0.4) is 0 Å². The Balaban J connectivity index is 2.82. The van der Waals surface area contributed by atoms with Crippen molar-refractivity contribution in [1.29, 1.82) is 0 Å². The van der Waals surface area contributed by atoms with Gasteiger partial charge in [0.25, 0.3) is 0 Å². The Kier molecular flexibility index (Phi) is 4.53. The van der Waals surface area contributed by atoms with Crippen molar-refractivity contribution < 1.29 is 13.5 Å². The minimum absolute atomic E-state index is 0.573. The summed E-state index contributed by atoms with van der Waals surface area (Å²) in [6.45, 7) is 6.52. The quantitative estimate of drug-likeness (QED) is 0.878. The molecule has 0 saturated carbocycles. The van der Waals surface area contributed by atoms with Gasteiger partial charge in [0, 0.05) is 6.04 Å². The molecule has 0 aromatic heterocycles. The van der Waals surface area contributed by atoms with Crippen LogP contribution in [0.2, 0.25) is 0 Å². The number of aliphatic hydroxyl groups excluding tert-OH is 1. The monoisotopic (exact) mass is 271 g/mol. The molecular weight excluding hydrogens is 250 g/mol. The van der Waals surface area contributed by atoms with Crippen LogP contribution in [0.25, 0.3) is 0 Å². The first-order valence-corrected chi connectivity index (χ1v) is 7.38. The van der Waals surface area contributed by atoms with Crippen LogP contribution in [0.1, 0.15) is 39.4 Å². The zero-order valence-corrected chi connectivity index (χ0v) is 12.0. The molecule has 0 fully saturated rings. The van der Waals surface area contributed by atoms with E-state index >= 15 is 0 Å². The number of hydrogen-bond acceptors (Lipinski definition) is 3. The van der Waals surface area contributed by atoms with Gasteiger partial charge in [-0.3, -0.25) is 0 Å². The Morgan fingerprint density at radius 2 is 1.67 bits per heavy atom. The molecule has 0 saturated heterocycles. The Hall–Kier alpha value is -0.910. The summed E-state index contributed by atoms with van der Waals surface area (Å²) in [7, 11) is -3.46. The summed E-state index contributed by atoms with van der Waals surface area (Å²) in [4.78, 5) is 0. The molecule has 2 unspecified atom stereocenters. The van der Waals surface area contributed by atoms with Crippen molar-refractivity contribution >= 4 is 10.0 Å². The van der Waals surface area contributed by atoms with Gasteiger partial charge in [-0.25, -0.2) is 13.1 Å². The smallest absolute Gasteiger partial charge is 0.216 e. The highest BCUT2D eigenvalue weighted by molar-refractivity contribution is 7.90. The van der Waals surface area contributed by atoms with Gasteiger partial charge >= 0.3 is 0 Å². The minimum atomic E-state index is -3.46. The number of hydrogen-bond donors (Lipinski definition) is 2. The van der Waals surface area contributed by atoms with Crippen LogP contribution in [0.15, 0.2) is 30.3 Å². The molecule has 0 amide bonds. The SMILES string of the molecule is CC(NS(=O)(=O)C(C)(C)C)C(O)c1ccccc1. The van der Waals surface area contributed by atoms with E-state index in [2.05, 4.69) is 4.72 Å². The summed E-state index contributed by atoms with van der Waals surface area (Å²) in [5, 5.41) is 10.1. The highest BCUT2D eigenvalue weighted by Crippen LogP contribution is 2.20. The lowest BCUT2D eigenvalue weighted by Crippen LogP contribution is -2.45. The van der Waals surface area contributed by atoms with Crippen molar-refractivity contribution in [2.75, 3.05) is 0 Å². The number of sulfonamides is 1. The number of nitrogens with one attached hydrogen (secondary N) is 1. The van der Waals surface area contributed by atoms with Gasteiger partial charge in [0.15, 0.2) is 0 Å². The predicted molar refractivity (Wildman–Crippen MR) is 72.7 cm³/mol. The van der Waals surface area contributed by atoms with E-state index in [1.54, 1.807) is 39.8 Å². The van der Waals surface area contributed by atoms with Gasteiger partial charge in [-0.1, -0.05) is 30.3 Å². The van der Waals surface area contributed by atoms with Crippen LogP contribution in [-0.2, 0) is 10.0 Å². The number of benzene rings is 1. The van der Waals surface area contributed by atoms with Crippen LogP contribution < -0.4 is 4.72 Å². The third kappa shape index (κ3) is 3.54. The second-order valence-electron chi connectivity index (χ2n) is 5.38. The highest BCUT2D eigenvalue weighted by Gasteiger charge is 2.32. The second kappa shape index (κ2) is 5.38. The molecule has 18 heavy (non-hydrogen) atoms. The Morgan fingerprint density at radius 3 is 2.11 bits per heavy atom. The second-order valence-corrected chi connectivity index (χ2v) is 7.85. The molecule has 0 aliphatic carbocycles. The van der Waals surface area contributed by atoms with E-state index in [1.165, 1.54) is 0 Å². The fourth-order valence-corrected chi connectivity index (χ4v) is 2.40. The van der Waals surface area contributed by atoms with Crippen molar-refractivity contribution in [3.63, 3.8) is 0 Å². The van der Waals surface area contributed by atoms with E-state index in [4.69, 9.17) is 0 Å². The highest BCUT2D eigenvalue weighted by atomic mass is 32.2. The molecule has 2 N–H and O–H groups in total. The van der Waals surface area contributed by atoms with Gasteiger partial charge in [0.2, 0.25) is 10.0 Å². The van der Waals surface area contributed by atoms with Gasteiger partial charge in [-0.2, -0.15) is 0 Å². The average Bonchev–Trinajstić information content (AvgIpc) is 2.27. The van der Waals surface area contributed by atoms with Gasteiger partial charge in [-0.05, 0) is 33.3 Å². The van der Waals surface area contributed by atoms with E-state index in [9.17, 15) is 13.5 Å². The lowest BCUT2D eigenvalue weighted by atomic mass is 10.0. The number of aliphatic hydroxyl groups is 1. The van der Waals surface area contributed by atoms with Crippen molar-refractivity contribution in [2.45, 2.75) is 44.6 Å². The third-order valence-electron chi connectivity index (χ3n) is 2.76. The molecule has 0 heterocycles. The van der Waals surface area contributed by atoms with E-state index in [1.807, 2.05) is 18.2 Å². The standard InChI is InChI=1S/C13H21NO3S/c1-10(14-18(16,17)13(2,3)4)12(15)11-8-6-5-7-9-11/h5-10,12,14-15H,1-4H3. The summed E-state index contributed by atoms with van der Waals surface area (Å²) in [6.07, 6.45) is -0.858. The molecule has 4 nitrogen and oxygen atoms in total. The molecule has 0 aliphatic heterocycles. The first-order valence-electron chi connectivity index (χ1n) is 5.90. The molecular formula is C13H21NO3S. The topological polar surface area (TPSA) is 66.4 Å². The molecule has 1 rings (SSSR count). The van der Waals surface area contributed by atoms with Crippen LogP contribution in [0, 0.1) is 0 Å². The van der Waals surface area contributed by atoms with Crippen LogP contribution >= 0.6 is 0 Å². The van der Waals surface area contributed by atoms with Crippen LogP contribution in [0.5, 0.6) is 0 Å². The van der Waals surface area contributed by atoms with E-state index in [-0.39, 0.29) is 0 Å². The maximum absolute atomic E-state index is 12.0. The van der Waals surface area contributed by atoms with E-state index in [0.29, 0.717) is 5.56 Å². The van der Waals surface area contributed by atoms with Crippen molar-refractivity contribution in [3.05, 3.63) is 35.9 Å². The minimum Gasteiger partial charge on any atom is -0.387 e. The average molecular weight is 271 g/mol. The Morgan fingerprint density at radius 1 is 1.17 bits per heavy atom. The van der Waals surface area contributed by atoms with Gasteiger partial charge < -0.3 is 5.11 Å². The fourth-order valence-electron chi connectivity index (χ4n) is 1.42. The first-order chi connectivity index (χ1) is 8.15. The number of rotatable bonds is 4. The molecule has 2 atom stereocenters. The molecule has 5 heteroatoms. The summed E-state index contributed by atoms with van der Waals surface area (Å²) < 4.78 is 25.6. The molecule has 1 aromatic rings. The van der Waals surface area contributed by atoms with Gasteiger partial charge in [0.1, 0.15) is 0 Å². The largest absolute Gasteiger partial charge is 0.387 e. The predicted octanol–water partition coefficient (Wildman–Crippen LogP) is 1.83. The summed E-state index contributed by atoms with van der Waals surface area (Å²) in [6, 6.07) is 8.43. The van der Waals surface area contributed by atoms with E-state index < -0.39 is 26.9 Å². The van der Waals surface area contributed by atoms with Crippen molar-refractivity contribution in [1.82, 2.24) is 4.72 Å². The van der Waals surface area contributed by atoms with Crippen molar-refractivity contribution in [3.8, 4) is 0 Å².